The average Bonchev–Trinajstić information content (AvgIpc) is 2.91. The molecule has 164 valence electrons. The fraction of sp³-hybridized carbons (Fsp3) is 0.286. The van der Waals surface area contributed by atoms with Crippen LogP contribution < -0.4 is 10.6 Å². The molecular formula is C21H19F4N3O3. The molecule has 1 fully saturated rings. The van der Waals surface area contributed by atoms with E-state index in [-0.39, 0.29) is 5.56 Å². The summed E-state index contributed by atoms with van der Waals surface area (Å²) in [6.45, 7) is 2.30. The number of carbonyl (C=O) groups excluding carboxylic acids is 3. The molecule has 0 spiro atoms. The van der Waals surface area contributed by atoms with E-state index in [9.17, 15) is 31.9 Å². The zero-order valence-corrected chi connectivity index (χ0v) is 16.6. The van der Waals surface area contributed by atoms with Crippen molar-refractivity contribution in [1.29, 1.82) is 0 Å². The molecule has 2 aromatic rings. The van der Waals surface area contributed by atoms with Crippen molar-refractivity contribution in [2.75, 3.05) is 6.54 Å². The Hall–Kier alpha value is -3.43. The summed E-state index contributed by atoms with van der Waals surface area (Å²) < 4.78 is 51.8. The van der Waals surface area contributed by atoms with Gasteiger partial charge in [0.2, 0.25) is 5.91 Å². The second kappa shape index (κ2) is 8.01. The summed E-state index contributed by atoms with van der Waals surface area (Å²) in [6.07, 6.45) is -4.52. The Balaban J connectivity index is 1.70. The summed E-state index contributed by atoms with van der Waals surface area (Å²) in [4.78, 5) is 38.2. The summed E-state index contributed by atoms with van der Waals surface area (Å²) in [5, 5.41) is 4.98. The summed E-state index contributed by atoms with van der Waals surface area (Å²) in [7, 11) is 0. The quantitative estimate of drug-likeness (QED) is 0.555. The van der Waals surface area contributed by atoms with E-state index in [1.165, 1.54) is 38.1 Å². The van der Waals surface area contributed by atoms with Crippen molar-refractivity contribution in [2.24, 2.45) is 0 Å². The molecule has 3 rings (SSSR count). The normalized spacial score (nSPS) is 19.9. The van der Waals surface area contributed by atoms with Gasteiger partial charge in [0.25, 0.3) is 5.91 Å². The van der Waals surface area contributed by atoms with E-state index >= 15 is 0 Å². The highest BCUT2D eigenvalue weighted by Crippen LogP contribution is 2.31. The Kier molecular flexibility index (Phi) is 5.75. The van der Waals surface area contributed by atoms with Crippen molar-refractivity contribution in [1.82, 2.24) is 15.5 Å². The molecule has 2 unspecified atom stereocenters. The largest absolute Gasteiger partial charge is 0.416 e. The average molecular weight is 437 g/mol. The van der Waals surface area contributed by atoms with Crippen molar-refractivity contribution in [3.8, 4) is 0 Å². The summed E-state index contributed by atoms with van der Waals surface area (Å²) in [5.74, 6) is -1.94. The lowest BCUT2D eigenvalue weighted by molar-refractivity contribution is -0.137. The number of nitrogens with one attached hydrogen (secondary N) is 2. The maximum atomic E-state index is 13.2. The lowest BCUT2D eigenvalue weighted by Crippen LogP contribution is -2.43. The Morgan fingerprint density at radius 1 is 1.16 bits per heavy atom. The number of amides is 4. The molecule has 2 atom stereocenters. The van der Waals surface area contributed by atoms with Crippen LogP contribution in [0.3, 0.4) is 0 Å². The molecular weight excluding hydrogens is 418 g/mol. The molecule has 4 amide bonds. The predicted molar refractivity (Wildman–Crippen MR) is 102 cm³/mol. The van der Waals surface area contributed by atoms with E-state index in [0.29, 0.717) is 10.5 Å². The van der Waals surface area contributed by atoms with Gasteiger partial charge < -0.3 is 10.6 Å². The minimum Gasteiger partial charge on any atom is -0.348 e. The number of carbonyl (C=O) groups is 3. The van der Waals surface area contributed by atoms with Gasteiger partial charge in [-0.1, -0.05) is 24.3 Å². The maximum Gasteiger partial charge on any atom is 0.416 e. The first-order valence-corrected chi connectivity index (χ1v) is 9.28. The first kappa shape index (κ1) is 22.3. The van der Waals surface area contributed by atoms with Gasteiger partial charge in [-0.2, -0.15) is 13.2 Å². The first-order valence-electron chi connectivity index (χ1n) is 9.28. The molecule has 1 aliphatic rings. The van der Waals surface area contributed by atoms with Gasteiger partial charge in [0, 0.05) is 0 Å². The van der Waals surface area contributed by atoms with Crippen LogP contribution in [0.25, 0.3) is 0 Å². The van der Waals surface area contributed by atoms with Gasteiger partial charge in [0.1, 0.15) is 17.9 Å². The number of urea groups is 1. The fourth-order valence-corrected chi connectivity index (χ4v) is 3.32. The smallest absolute Gasteiger partial charge is 0.348 e. The first-order chi connectivity index (χ1) is 14.4. The topological polar surface area (TPSA) is 78.5 Å². The van der Waals surface area contributed by atoms with Crippen LogP contribution in [-0.4, -0.2) is 29.3 Å². The molecule has 0 saturated carbocycles. The molecule has 10 heteroatoms. The zero-order chi connectivity index (χ0) is 23.0. The maximum absolute atomic E-state index is 13.2. The summed E-state index contributed by atoms with van der Waals surface area (Å²) in [6, 6.07) is 7.90. The molecule has 1 aliphatic heterocycles. The van der Waals surface area contributed by atoms with Crippen molar-refractivity contribution in [3.05, 3.63) is 71.0 Å². The van der Waals surface area contributed by atoms with E-state index in [4.69, 9.17) is 0 Å². The van der Waals surface area contributed by atoms with Crippen LogP contribution in [0.2, 0.25) is 0 Å². The minimum absolute atomic E-state index is 0.219. The van der Waals surface area contributed by atoms with Gasteiger partial charge in [0.15, 0.2) is 0 Å². The number of hydrogen-bond acceptors (Lipinski definition) is 3. The van der Waals surface area contributed by atoms with Crippen LogP contribution in [0.1, 0.15) is 36.6 Å². The number of benzene rings is 2. The van der Waals surface area contributed by atoms with Gasteiger partial charge in [-0.05, 0) is 49.2 Å². The molecule has 1 saturated heterocycles. The number of rotatable bonds is 5. The molecule has 2 aromatic carbocycles. The van der Waals surface area contributed by atoms with Crippen LogP contribution in [0.5, 0.6) is 0 Å². The minimum atomic E-state index is -4.52. The Morgan fingerprint density at radius 2 is 1.81 bits per heavy atom. The van der Waals surface area contributed by atoms with E-state index < -0.39 is 53.5 Å². The molecule has 31 heavy (non-hydrogen) atoms. The highest BCUT2D eigenvalue weighted by molar-refractivity contribution is 6.09. The van der Waals surface area contributed by atoms with E-state index in [2.05, 4.69) is 10.6 Å². The third kappa shape index (κ3) is 4.52. The van der Waals surface area contributed by atoms with Gasteiger partial charge >= 0.3 is 12.2 Å². The second-order valence-corrected chi connectivity index (χ2v) is 7.37. The molecule has 0 aliphatic carbocycles. The number of nitrogens with zero attached hydrogens (tertiary/aromatic N) is 1. The van der Waals surface area contributed by atoms with Crippen LogP contribution in [0.15, 0.2) is 48.5 Å². The predicted octanol–water partition coefficient (Wildman–Crippen LogP) is 3.49. The van der Waals surface area contributed by atoms with Gasteiger partial charge in [0.05, 0.1) is 11.6 Å². The zero-order valence-electron chi connectivity index (χ0n) is 16.6. The van der Waals surface area contributed by atoms with Gasteiger partial charge in [-0.25, -0.2) is 9.18 Å². The van der Waals surface area contributed by atoms with Crippen LogP contribution in [0, 0.1) is 5.82 Å². The molecule has 1 heterocycles. The highest BCUT2D eigenvalue weighted by atomic mass is 19.4. The third-order valence-electron chi connectivity index (χ3n) is 5.09. The van der Waals surface area contributed by atoms with Crippen molar-refractivity contribution in [2.45, 2.75) is 31.6 Å². The van der Waals surface area contributed by atoms with Crippen LogP contribution >= 0.6 is 0 Å². The monoisotopic (exact) mass is 437 g/mol. The molecule has 0 aromatic heterocycles. The SMILES string of the molecule is CC(NC(=O)CN1C(=O)NC(C)(c2ccc(F)cc2)C1=O)c1cccc(C(F)(F)F)c1. The third-order valence-corrected chi connectivity index (χ3v) is 5.09. The molecule has 2 N–H and O–H groups in total. The lowest BCUT2D eigenvalue weighted by atomic mass is 9.92. The summed E-state index contributed by atoms with van der Waals surface area (Å²) in [5.41, 5.74) is -1.77. The van der Waals surface area contributed by atoms with Crippen molar-refractivity contribution < 1.29 is 31.9 Å². The number of imide groups is 1. The Morgan fingerprint density at radius 3 is 2.42 bits per heavy atom. The van der Waals surface area contributed by atoms with Crippen molar-refractivity contribution in [3.63, 3.8) is 0 Å². The Bertz CT molecular complexity index is 1020. The highest BCUT2D eigenvalue weighted by Gasteiger charge is 2.49. The second-order valence-electron chi connectivity index (χ2n) is 7.37. The summed E-state index contributed by atoms with van der Waals surface area (Å²) >= 11 is 0. The number of halogens is 4. The molecule has 0 bridgehead atoms. The van der Waals surface area contributed by atoms with E-state index in [1.54, 1.807) is 0 Å². The lowest BCUT2D eigenvalue weighted by Gasteiger charge is -2.22. The van der Waals surface area contributed by atoms with E-state index in [0.717, 1.165) is 24.3 Å². The van der Waals surface area contributed by atoms with Gasteiger partial charge in [-0.3, -0.25) is 14.5 Å². The van der Waals surface area contributed by atoms with Crippen LogP contribution in [-0.2, 0) is 21.3 Å². The number of hydrogen-bond donors (Lipinski definition) is 2. The number of alkyl halides is 3. The Labute approximate surface area is 175 Å². The van der Waals surface area contributed by atoms with E-state index in [1.807, 2.05) is 0 Å². The standard InChI is InChI=1S/C21H19F4N3O3/c1-12(13-4-3-5-15(10-13)21(23,24)25)26-17(29)11-28-18(30)20(2,27-19(28)31)14-6-8-16(22)9-7-14/h3-10,12H,11H2,1-2H3,(H,26,29)(H,27,31). The molecule has 6 nitrogen and oxygen atoms in total. The van der Waals surface area contributed by atoms with Gasteiger partial charge in [-0.15, -0.1) is 0 Å². The molecule has 0 radical (unpaired) electrons. The van der Waals surface area contributed by atoms with Crippen molar-refractivity contribution >= 4 is 17.8 Å². The fourth-order valence-electron chi connectivity index (χ4n) is 3.32. The van der Waals surface area contributed by atoms with Crippen LogP contribution in [0.4, 0.5) is 22.4 Å².